The second-order valence-corrected chi connectivity index (χ2v) is 7.91. The normalized spacial score (nSPS) is 49.2. The van der Waals surface area contributed by atoms with Crippen LogP contribution in [0.5, 0.6) is 0 Å². The number of aliphatic hydroxyl groups excluding tert-OH is 1. The first-order chi connectivity index (χ1) is 8.74. The standard InChI is InChI=1S/C13H15Cl3O3/c14-8(17)11-1-7-2-12(4-11,9(15)18)6-13(3-7,5-11)10(16)19/h7-8,17H,1-6H2. The van der Waals surface area contributed by atoms with Gasteiger partial charge in [-0.15, -0.1) is 0 Å². The Balaban J connectivity index is 2.11. The van der Waals surface area contributed by atoms with Crippen molar-refractivity contribution in [1.82, 2.24) is 0 Å². The third-order valence-electron chi connectivity index (χ3n) is 5.45. The fourth-order valence-electron chi connectivity index (χ4n) is 5.22. The molecular formula is C13H15Cl3O3. The number of aliphatic hydroxyl groups is 1. The number of halogens is 3. The number of hydrogen-bond donors (Lipinski definition) is 1. The molecule has 4 rings (SSSR count). The second-order valence-electron chi connectivity index (χ2n) is 6.81. The average Bonchev–Trinajstić information content (AvgIpc) is 2.26. The van der Waals surface area contributed by atoms with Gasteiger partial charge in [0.15, 0.2) is 0 Å². The summed E-state index contributed by atoms with van der Waals surface area (Å²) in [6, 6.07) is 0. The Labute approximate surface area is 126 Å². The largest absolute Gasteiger partial charge is 0.377 e. The molecule has 0 heterocycles. The highest BCUT2D eigenvalue weighted by atomic mass is 35.5. The molecule has 3 atom stereocenters. The second kappa shape index (κ2) is 4.09. The van der Waals surface area contributed by atoms with Crippen molar-refractivity contribution >= 4 is 45.3 Å². The van der Waals surface area contributed by atoms with Crippen molar-refractivity contribution in [3.63, 3.8) is 0 Å². The van der Waals surface area contributed by atoms with Gasteiger partial charge < -0.3 is 5.11 Å². The van der Waals surface area contributed by atoms with Crippen molar-refractivity contribution in [3.8, 4) is 0 Å². The van der Waals surface area contributed by atoms with Gasteiger partial charge in [0.2, 0.25) is 10.5 Å². The first-order valence-electron chi connectivity index (χ1n) is 6.46. The van der Waals surface area contributed by atoms with E-state index in [1.165, 1.54) is 0 Å². The molecule has 0 radical (unpaired) electrons. The SMILES string of the molecule is O=C(Cl)C12CC3CC(C(=O)Cl)(C1)CC(C(O)Cl)(C3)C2. The van der Waals surface area contributed by atoms with E-state index in [0.29, 0.717) is 32.1 Å². The molecular weight excluding hydrogens is 310 g/mol. The zero-order chi connectivity index (χ0) is 14.1. The van der Waals surface area contributed by atoms with Crippen molar-refractivity contribution in [3.05, 3.63) is 0 Å². The minimum absolute atomic E-state index is 0.190. The molecule has 106 valence electrons. The molecule has 4 aliphatic carbocycles. The van der Waals surface area contributed by atoms with Gasteiger partial charge in [-0.3, -0.25) is 9.59 Å². The highest BCUT2D eigenvalue weighted by Gasteiger charge is 2.68. The Hall–Kier alpha value is 0.170. The van der Waals surface area contributed by atoms with Crippen LogP contribution in [0.15, 0.2) is 0 Å². The lowest BCUT2D eigenvalue weighted by Crippen LogP contribution is -2.62. The summed E-state index contributed by atoms with van der Waals surface area (Å²) in [4.78, 5) is 23.8. The molecule has 4 bridgehead atoms. The van der Waals surface area contributed by atoms with Crippen LogP contribution < -0.4 is 0 Å². The van der Waals surface area contributed by atoms with Gasteiger partial charge in [0, 0.05) is 16.2 Å². The van der Waals surface area contributed by atoms with E-state index in [9.17, 15) is 14.7 Å². The van der Waals surface area contributed by atoms with E-state index >= 15 is 0 Å². The van der Waals surface area contributed by atoms with E-state index in [1.807, 2.05) is 0 Å². The summed E-state index contributed by atoms with van der Waals surface area (Å²) in [6.45, 7) is 0. The summed E-state index contributed by atoms with van der Waals surface area (Å²) in [6.07, 6.45) is 3.46. The molecule has 6 heteroatoms. The molecule has 0 aromatic rings. The molecule has 4 fully saturated rings. The number of hydrogen-bond acceptors (Lipinski definition) is 3. The highest BCUT2D eigenvalue weighted by Crippen LogP contribution is 2.71. The van der Waals surface area contributed by atoms with Crippen molar-refractivity contribution in [1.29, 1.82) is 0 Å². The quantitative estimate of drug-likeness (QED) is 0.641. The highest BCUT2D eigenvalue weighted by molar-refractivity contribution is 6.66. The Morgan fingerprint density at radius 1 is 1.00 bits per heavy atom. The molecule has 0 spiro atoms. The first-order valence-corrected chi connectivity index (χ1v) is 7.65. The van der Waals surface area contributed by atoms with Gasteiger partial charge in [0.25, 0.3) is 0 Å². The molecule has 0 amide bonds. The van der Waals surface area contributed by atoms with Crippen LogP contribution in [-0.2, 0) is 9.59 Å². The van der Waals surface area contributed by atoms with Crippen molar-refractivity contribution < 1.29 is 14.7 Å². The van der Waals surface area contributed by atoms with Gasteiger partial charge in [-0.2, -0.15) is 0 Å². The monoisotopic (exact) mass is 324 g/mol. The molecule has 4 aliphatic rings. The van der Waals surface area contributed by atoms with Crippen LogP contribution in [0, 0.1) is 22.2 Å². The number of carbonyl (C=O) groups is 2. The summed E-state index contributed by atoms with van der Waals surface area (Å²) in [7, 11) is 0. The summed E-state index contributed by atoms with van der Waals surface area (Å²) in [5.41, 5.74) is -3.14. The van der Waals surface area contributed by atoms with Gasteiger partial charge in [0.1, 0.15) is 5.56 Å². The third kappa shape index (κ3) is 1.81. The van der Waals surface area contributed by atoms with Crippen LogP contribution in [0.25, 0.3) is 0 Å². The maximum atomic E-state index is 11.9. The predicted octanol–water partition coefficient (Wildman–Crippen LogP) is 3.03. The molecule has 19 heavy (non-hydrogen) atoms. The van der Waals surface area contributed by atoms with Crippen LogP contribution in [0.2, 0.25) is 0 Å². The fraction of sp³-hybridized carbons (Fsp3) is 0.846. The van der Waals surface area contributed by atoms with Crippen LogP contribution in [0.3, 0.4) is 0 Å². The van der Waals surface area contributed by atoms with Gasteiger partial charge >= 0.3 is 0 Å². The van der Waals surface area contributed by atoms with Crippen molar-refractivity contribution in [2.45, 2.75) is 44.1 Å². The van der Waals surface area contributed by atoms with Crippen molar-refractivity contribution in [2.24, 2.45) is 22.2 Å². The maximum Gasteiger partial charge on any atom is 0.227 e. The average molecular weight is 326 g/mol. The lowest BCUT2D eigenvalue weighted by molar-refractivity contribution is -0.183. The summed E-state index contributed by atoms with van der Waals surface area (Å²) < 4.78 is 0. The molecule has 0 saturated heterocycles. The van der Waals surface area contributed by atoms with E-state index in [2.05, 4.69) is 0 Å². The fourth-order valence-corrected chi connectivity index (χ4v) is 5.88. The zero-order valence-electron chi connectivity index (χ0n) is 10.3. The van der Waals surface area contributed by atoms with Crippen molar-refractivity contribution in [2.75, 3.05) is 0 Å². The lowest BCUT2D eigenvalue weighted by atomic mass is 9.40. The Kier molecular flexibility index (Phi) is 3.04. The zero-order valence-corrected chi connectivity index (χ0v) is 12.6. The molecule has 3 unspecified atom stereocenters. The number of carbonyl (C=O) groups excluding carboxylic acids is 2. The van der Waals surface area contributed by atoms with Gasteiger partial charge in [-0.05, 0) is 67.6 Å². The molecule has 0 aromatic heterocycles. The Bertz CT molecular complexity index is 432. The Morgan fingerprint density at radius 2 is 1.47 bits per heavy atom. The molecule has 4 saturated carbocycles. The van der Waals surface area contributed by atoms with Gasteiger partial charge in [-0.1, -0.05) is 11.6 Å². The van der Waals surface area contributed by atoms with Gasteiger partial charge in [0.05, 0.1) is 0 Å². The topological polar surface area (TPSA) is 54.4 Å². The smallest absolute Gasteiger partial charge is 0.227 e. The summed E-state index contributed by atoms with van der Waals surface area (Å²) in [5, 5.41) is 9.13. The minimum Gasteiger partial charge on any atom is -0.377 e. The van der Waals surface area contributed by atoms with Crippen LogP contribution >= 0.6 is 34.8 Å². The maximum absolute atomic E-state index is 11.9. The van der Waals surface area contributed by atoms with E-state index in [1.54, 1.807) is 0 Å². The van der Waals surface area contributed by atoms with Gasteiger partial charge in [-0.25, -0.2) is 0 Å². The number of alkyl halides is 1. The van der Waals surface area contributed by atoms with E-state index < -0.39 is 32.3 Å². The third-order valence-corrected chi connectivity index (χ3v) is 6.72. The van der Waals surface area contributed by atoms with Crippen LogP contribution in [-0.4, -0.2) is 21.2 Å². The summed E-state index contributed by atoms with van der Waals surface area (Å²) >= 11 is 17.6. The molecule has 1 N–H and O–H groups in total. The Morgan fingerprint density at radius 3 is 1.84 bits per heavy atom. The van der Waals surface area contributed by atoms with E-state index in [-0.39, 0.29) is 5.92 Å². The molecule has 0 aliphatic heterocycles. The van der Waals surface area contributed by atoms with E-state index in [0.717, 1.165) is 6.42 Å². The van der Waals surface area contributed by atoms with Crippen LogP contribution in [0.1, 0.15) is 38.5 Å². The molecule has 0 aromatic carbocycles. The van der Waals surface area contributed by atoms with E-state index in [4.69, 9.17) is 34.8 Å². The lowest BCUT2D eigenvalue weighted by Gasteiger charge is -2.64. The first kappa shape index (κ1) is 14.1. The van der Waals surface area contributed by atoms with Crippen LogP contribution in [0.4, 0.5) is 0 Å². The number of rotatable bonds is 3. The summed E-state index contributed by atoms with van der Waals surface area (Å²) in [5.74, 6) is 0.190. The predicted molar refractivity (Wildman–Crippen MR) is 72.1 cm³/mol. The molecule has 3 nitrogen and oxygen atoms in total. The minimum atomic E-state index is -1.07.